The highest BCUT2D eigenvalue weighted by molar-refractivity contribution is 7.18. The van der Waals surface area contributed by atoms with Crippen LogP contribution in [0.2, 0.25) is 0 Å². The zero-order valence-corrected chi connectivity index (χ0v) is 13.3. The van der Waals surface area contributed by atoms with E-state index >= 15 is 0 Å². The number of hydrogen-bond acceptors (Lipinski definition) is 4. The van der Waals surface area contributed by atoms with Gasteiger partial charge in [-0.25, -0.2) is 9.97 Å². The average Bonchev–Trinajstić information content (AvgIpc) is 3.16. The number of para-hydroxylation sites is 1. The van der Waals surface area contributed by atoms with Gasteiger partial charge < -0.3 is 9.88 Å². The Hall–Kier alpha value is -2.21. The van der Waals surface area contributed by atoms with Crippen LogP contribution in [-0.2, 0) is 11.2 Å². The Bertz CT molecular complexity index is 862. The van der Waals surface area contributed by atoms with Crippen molar-refractivity contribution in [2.75, 3.05) is 6.54 Å². The predicted molar refractivity (Wildman–Crippen MR) is 88.2 cm³/mol. The summed E-state index contributed by atoms with van der Waals surface area (Å²) in [5.41, 5.74) is 3.09. The summed E-state index contributed by atoms with van der Waals surface area (Å²) in [6, 6.07) is 7.99. The first-order valence-electron chi connectivity index (χ1n) is 7.99. The van der Waals surface area contributed by atoms with Crippen LogP contribution in [0.1, 0.15) is 35.3 Å². The maximum absolute atomic E-state index is 12.8. The first-order valence-corrected chi connectivity index (χ1v) is 8.81. The molecule has 1 fully saturated rings. The van der Waals surface area contributed by atoms with Gasteiger partial charge in [-0.1, -0.05) is 12.1 Å². The zero-order chi connectivity index (χ0) is 15.4. The Morgan fingerprint density at radius 1 is 1.30 bits per heavy atom. The van der Waals surface area contributed by atoms with E-state index in [9.17, 15) is 4.79 Å². The second kappa shape index (κ2) is 4.89. The van der Waals surface area contributed by atoms with Crippen LogP contribution in [0, 0.1) is 5.92 Å². The lowest BCUT2D eigenvalue weighted by Gasteiger charge is -2.33. The number of carbonyl (C=O) groups excluding carboxylic acids is 1. The van der Waals surface area contributed by atoms with Crippen molar-refractivity contribution in [1.29, 1.82) is 0 Å². The Morgan fingerprint density at radius 2 is 2.17 bits per heavy atom. The molecule has 1 atom stereocenters. The van der Waals surface area contributed by atoms with Crippen molar-refractivity contribution in [2.45, 2.75) is 25.3 Å². The van der Waals surface area contributed by atoms with Crippen LogP contribution in [0.15, 0.2) is 30.6 Å². The molecule has 0 unspecified atom stereocenters. The number of aromatic nitrogens is 3. The number of rotatable bonds is 2. The number of carbonyl (C=O) groups is 1. The lowest BCUT2D eigenvalue weighted by atomic mass is 10.0. The molecule has 1 aliphatic carbocycles. The monoisotopic (exact) mass is 324 g/mol. The van der Waals surface area contributed by atoms with Gasteiger partial charge in [0.2, 0.25) is 5.91 Å². The molecule has 3 aromatic rings. The Morgan fingerprint density at radius 3 is 3.00 bits per heavy atom. The topological polar surface area (TPSA) is 61.9 Å². The fourth-order valence-electron chi connectivity index (χ4n) is 3.34. The average molecular weight is 324 g/mol. The van der Waals surface area contributed by atoms with Gasteiger partial charge in [-0.3, -0.25) is 4.79 Å². The summed E-state index contributed by atoms with van der Waals surface area (Å²) >= 11 is 1.67. The van der Waals surface area contributed by atoms with Gasteiger partial charge in [-0.05, 0) is 25.0 Å². The van der Waals surface area contributed by atoms with Crippen LogP contribution >= 0.6 is 11.3 Å². The van der Waals surface area contributed by atoms with Gasteiger partial charge in [0.25, 0.3) is 0 Å². The van der Waals surface area contributed by atoms with E-state index in [1.807, 2.05) is 23.1 Å². The molecule has 0 bridgehead atoms. The molecule has 116 valence electrons. The van der Waals surface area contributed by atoms with Crippen molar-refractivity contribution in [3.05, 3.63) is 47.0 Å². The Balaban J connectivity index is 1.64. The molecule has 1 amide bonds. The third kappa shape index (κ3) is 2.09. The number of fused-ring (bicyclic) bond motifs is 2. The molecule has 2 aromatic heterocycles. The first kappa shape index (κ1) is 13.2. The van der Waals surface area contributed by atoms with Gasteiger partial charge >= 0.3 is 0 Å². The number of aromatic amines is 1. The molecule has 1 aliphatic heterocycles. The Kier molecular flexibility index (Phi) is 2.82. The number of benzene rings is 1. The molecular formula is C17H16N4OS. The molecule has 0 spiro atoms. The summed E-state index contributed by atoms with van der Waals surface area (Å²) in [6.07, 6.45) is 4.62. The van der Waals surface area contributed by atoms with Crippen molar-refractivity contribution >= 4 is 27.5 Å². The third-order valence-corrected chi connectivity index (χ3v) is 5.77. The summed E-state index contributed by atoms with van der Waals surface area (Å²) in [4.78, 5) is 27.3. The molecule has 1 aromatic carbocycles. The highest BCUT2D eigenvalue weighted by atomic mass is 32.1. The minimum absolute atomic E-state index is 0.143. The van der Waals surface area contributed by atoms with Crippen molar-refractivity contribution in [3.8, 4) is 0 Å². The summed E-state index contributed by atoms with van der Waals surface area (Å²) < 4.78 is 1.16. The van der Waals surface area contributed by atoms with E-state index in [4.69, 9.17) is 4.98 Å². The van der Waals surface area contributed by atoms with Crippen LogP contribution in [-0.4, -0.2) is 32.3 Å². The van der Waals surface area contributed by atoms with E-state index in [0.717, 1.165) is 52.4 Å². The van der Waals surface area contributed by atoms with Gasteiger partial charge in [0.15, 0.2) is 0 Å². The number of thiazole rings is 1. The van der Waals surface area contributed by atoms with Gasteiger partial charge in [0, 0.05) is 24.6 Å². The third-order valence-electron chi connectivity index (χ3n) is 4.68. The first-order chi connectivity index (χ1) is 11.3. The van der Waals surface area contributed by atoms with Crippen LogP contribution in [0.5, 0.6) is 0 Å². The number of imidazole rings is 1. The number of amides is 1. The standard InChI is InChI=1S/C17H16N4OS/c22-17(10-5-6-10)21-8-7-12-14(19-9-18-12)15(21)16-20-11-3-1-2-4-13(11)23-16/h1-4,9-10,15H,5-8H2,(H,18,19)/t15-/m0/s1. The molecule has 1 N–H and O–H groups in total. The van der Waals surface area contributed by atoms with Crippen molar-refractivity contribution in [2.24, 2.45) is 5.92 Å². The van der Waals surface area contributed by atoms with Crippen LogP contribution in [0.4, 0.5) is 0 Å². The van der Waals surface area contributed by atoms with Gasteiger partial charge in [-0.15, -0.1) is 11.3 Å². The molecule has 5 rings (SSSR count). The largest absolute Gasteiger partial charge is 0.348 e. The van der Waals surface area contributed by atoms with E-state index in [0.29, 0.717) is 0 Å². The summed E-state index contributed by atoms with van der Waals surface area (Å²) in [5, 5.41) is 0.966. The molecule has 6 heteroatoms. The fraction of sp³-hybridized carbons (Fsp3) is 0.353. The van der Waals surface area contributed by atoms with Crippen molar-refractivity contribution < 1.29 is 4.79 Å². The number of hydrogen-bond donors (Lipinski definition) is 1. The van der Waals surface area contributed by atoms with E-state index in [2.05, 4.69) is 16.0 Å². The molecule has 1 saturated carbocycles. The number of H-pyrrole nitrogens is 1. The van der Waals surface area contributed by atoms with Gasteiger partial charge in [-0.2, -0.15) is 0 Å². The summed E-state index contributed by atoms with van der Waals surface area (Å²) in [7, 11) is 0. The minimum atomic E-state index is -0.143. The maximum atomic E-state index is 12.8. The van der Waals surface area contributed by atoms with Crippen LogP contribution < -0.4 is 0 Å². The van der Waals surface area contributed by atoms with Gasteiger partial charge in [0.05, 0.1) is 22.2 Å². The molecular weight excluding hydrogens is 308 g/mol. The molecule has 3 heterocycles. The lowest BCUT2D eigenvalue weighted by Crippen LogP contribution is -2.41. The smallest absolute Gasteiger partial charge is 0.226 e. The normalized spacial score (nSPS) is 20.7. The Labute approximate surface area is 137 Å². The van der Waals surface area contributed by atoms with Crippen molar-refractivity contribution in [1.82, 2.24) is 19.9 Å². The quantitative estimate of drug-likeness (QED) is 0.788. The van der Waals surface area contributed by atoms with Crippen LogP contribution in [0.25, 0.3) is 10.2 Å². The highest BCUT2D eigenvalue weighted by Crippen LogP contribution is 2.41. The SMILES string of the molecule is O=C(C1CC1)N1CCc2[nH]cnc2[C@H]1c1nc2ccccc2s1. The highest BCUT2D eigenvalue weighted by Gasteiger charge is 2.41. The van der Waals surface area contributed by atoms with Gasteiger partial charge in [0.1, 0.15) is 11.0 Å². The number of nitrogens with one attached hydrogen (secondary N) is 1. The summed E-state index contributed by atoms with van der Waals surface area (Å²) in [5.74, 6) is 0.482. The molecule has 0 radical (unpaired) electrons. The molecule has 5 nitrogen and oxygen atoms in total. The predicted octanol–water partition coefficient (Wildman–Crippen LogP) is 2.90. The van der Waals surface area contributed by atoms with E-state index in [1.165, 1.54) is 0 Å². The minimum Gasteiger partial charge on any atom is -0.348 e. The van der Waals surface area contributed by atoms with Crippen molar-refractivity contribution in [3.63, 3.8) is 0 Å². The lowest BCUT2D eigenvalue weighted by molar-refractivity contribution is -0.134. The van der Waals surface area contributed by atoms with E-state index < -0.39 is 0 Å². The fourth-order valence-corrected chi connectivity index (χ4v) is 4.42. The molecule has 0 saturated heterocycles. The zero-order valence-electron chi connectivity index (χ0n) is 12.5. The number of nitrogens with zero attached hydrogens (tertiary/aromatic N) is 3. The van der Waals surface area contributed by atoms with Crippen LogP contribution in [0.3, 0.4) is 0 Å². The molecule has 23 heavy (non-hydrogen) atoms. The van der Waals surface area contributed by atoms with E-state index in [1.54, 1.807) is 17.7 Å². The maximum Gasteiger partial charge on any atom is 0.226 e. The summed E-state index contributed by atoms with van der Waals surface area (Å²) in [6.45, 7) is 0.741. The molecule has 2 aliphatic rings. The second-order valence-electron chi connectivity index (χ2n) is 6.24. The van der Waals surface area contributed by atoms with E-state index in [-0.39, 0.29) is 17.9 Å². The second-order valence-corrected chi connectivity index (χ2v) is 7.31.